The summed E-state index contributed by atoms with van der Waals surface area (Å²) in [7, 11) is -0.364. The third-order valence-electron chi connectivity index (χ3n) is 4.78. The smallest absolute Gasteiger partial charge is 0.274 e. The number of hydrogen-bond acceptors (Lipinski definition) is 6. The van der Waals surface area contributed by atoms with Crippen molar-refractivity contribution in [1.29, 1.82) is 0 Å². The molecule has 1 aromatic carbocycles. The molecule has 9 nitrogen and oxygen atoms in total. The molecular weight excluding hydrogens is 413 g/mol. The van der Waals surface area contributed by atoms with Crippen LogP contribution in [0.5, 0.6) is 0 Å². The first-order chi connectivity index (χ1) is 14.1. The largest absolute Gasteiger partial charge is 0.379 e. The van der Waals surface area contributed by atoms with Gasteiger partial charge in [0.15, 0.2) is 15.5 Å². The number of H-pyrrole nitrogens is 1. The van der Waals surface area contributed by atoms with Crippen molar-refractivity contribution in [3.05, 3.63) is 41.1 Å². The van der Waals surface area contributed by atoms with Gasteiger partial charge in [-0.3, -0.25) is 14.6 Å². The molecule has 0 spiro atoms. The standard InChI is InChI=1S/C19H24FN5O4S/c1-12-11-25(4)23-17(12)19(26)24(3)5-6-29-7-8-30(27,28)14-9-15-13(2)21-22-18(15)16(20)10-14/h9-11H,5-8H2,1-4H3,(H,21,22). The summed E-state index contributed by atoms with van der Waals surface area (Å²) in [5, 5.41) is 11.0. The molecule has 1 N–H and O–H groups in total. The highest BCUT2D eigenvalue weighted by atomic mass is 32.2. The predicted octanol–water partition coefficient (Wildman–Crippen LogP) is 1.61. The summed E-state index contributed by atoms with van der Waals surface area (Å²) >= 11 is 0. The Morgan fingerprint density at radius 1 is 1.30 bits per heavy atom. The van der Waals surface area contributed by atoms with Crippen molar-refractivity contribution in [2.24, 2.45) is 7.05 Å². The molecule has 2 heterocycles. The number of nitrogens with zero attached hydrogens (tertiary/aromatic N) is 4. The van der Waals surface area contributed by atoms with Crippen LogP contribution in [0.3, 0.4) is 0 Å². The second-order valence-corrected chi connectivity index (χ2v) is 9.24. The van der Waals surface area contributed by atoms with Crippen molar-refractivity contribution in [3.8, 4) is 0 Å². The summed E-state index contributed by atoms with van der Waals surface area (Å²) < 4.78 is 46.2. The molecular formula is C19H24FN5O4S. The first-order valence-corrected chi connectivity index (χ1v) is 11.0. The van der Waals surface area contributed by atoms with E-state index in [0.29, 0.717) is 16.8 Å². The molecule has 0 saturated heterocycles. The lowest BCUT2D eigenvalue weighted by Crippen LogP contribution is -2.31. The van der Waals surface area contributed by atoms with Gasteiger partial charge in [-0.2, -0.15) is 10.2 Å². The Morgan fingerprint density at radius 3 is 2.70 bits per heavy atom. The topological polar surface area (TPSA) is 110 Å². The lowest BCUT2D eigenvalue weighted by atomic mass is 10.2. The van der Waals surface area contributed by atoms with Crippen LogP contribution in [-0.2, 0) is 21.6 Å². The normalized spacial score (nSPS) is 11.9. The molecule has 2 aromatic heterocycles. The van der Waals surface area contributed by atoms with Gasteiger partial charge in [0.2, 0.25) is 0 Å². The van der Waals surface area contributed by atoms with Crippen molar-refractivity contribution < 1.29 is 22.3 Å². The number of benzene rings is 1. The number of rotatable bonds is 8. The van der Waals surface area contributed by atoms with E-state index in [1.54, 1.807) is 38.8 Å². The SMILES string of the molecule is Cc1cn(C)nc1C(=O)N(C)CCOCCS(=O)(=O)c1cc(F)c2[nH]nc(C)c2c1. The van der Waals surface area contributed by atoms with E-state index < -0.39 is 15.7 Å². The Morgan fingerprint density at radius 2 is 2.03 bits per heavy atom. The van der Waals surface area contributed by atoms with Crippen molar-refractivity contribution >= 4 is 26.6 Å². The number of aromatic nitrogens is 4. The minimum Gasteiger partial charge on any atom is -0.379 e. The average Bonchev–Trinajstić information content (AvgIpc) is 3.22. The Balaban J connectivity index is 1.53. The van der Waals surface area contributed by atoms with Gasteiger partial charge < -0.3 is 9.64 Å². The van der Waals surface area contributed by atoms with Crippen molar-refractivity contribution in [3.63, 3.8) is 0 Å². The number of aromatic amines is 1. The predicted molar refractivity (Wildman–Crippen MR) is 109 cm³/mol. The summed E-state index contributed by atoms with van der Waals surface area (Å²) in [6, 6.07) is 2.39. The lowest BCUT2D eigenvalue weighted by Gasteiger charge is -2.16. The van der Waals surface area contributed by atoms with Crippen LogP contribution in [0.2, 0.25) is 0 Å². The fourth-order valence-corrected chi connectivity index (χ4v) is 4.20. The Labute approximate surface area is 173 Å². The number of carbonyl (C=O) groups is 1. The second kappa shape index (κ2) is 8.52. The highest BCUT2D eigenvalue weighted by molar-refractivity contribution is 7.91. The third-order valence-corrected chi connectivity index (χ3v) is 6.43. The van der Waals surface area contributed by atoms with Gasteiger partial charge in [-0.1, -0.05) is 0 Å². The van der Waals surface area contributed by atoms with Crippen LogP contribution in [0.4, 0.5) is 4.39 Å². The summed E-state index contributed by atoms with van der Waals surface area (Å²) in [6.07, 6.45) is 1.76. The van der Waals surface area contributed by atoms with Gasteiger partial charge in [-0.05, 0) is 26.0 Å². The molecule has 0 unspecified atom stereocenters. The number of hydrogen-bond donors (Lipinski definition) is 1. The van der Waals surface area contributed by atoms with E-state index in [-0.39, 0.29) is 41.8 Å². The van der Waals surface area contributed by atoms with Crippen molar-refractivity contribution in [2.75, 3.05) is 32.6 Å². The Kier molecular flexibility index (Phi) is 6.22. The first-order valence-electron chi connectivity index (χ1n) is 9.30. The van der Waals surface area contributed by atoms with E-state index in [1.165, 1.54) is 11.0 Å². The molecule has 0 atom stereocenters. The van der Waals surface area contributed by atoms with Gasteiger partial charge in [-0.25, -0.2) is 12.8 Å². The molecule has 0 aliphatic heterocycles. The molecule has 0 bridgehead atoms. The maximum Gasteiger partial charge on any atom is 0.274 e. The van der Waals surface area contributed by atoms with Crippen LogP contribution in [0.1, 0.15) is 21.7 Å². The molecule has 30 heavy (non-hydrogen) atoms. The molecule has 0 aliphatic rings. The molecule has 0 aliphatic carbocycles. The number of aryl methyl sites for hydroxylation is 3. The molecule has 1 amide bonds. The van der Waals surface area contributed by atoms with Gasteiger partial charge in [-0.15, -0.1) is 0 Å². The summed E-state index contributed by atoms with van der Waals surface area (Å²) in [5.41, 5.74) is 1.85. The third kappa shape index (κ3) is 4.51. The average molecular weight is 437 g/mol. The number of fused-ring (bicyclic) bond motifs is 1. The van der Waals surface area contributed by atoms with Gasteiger partial charge in [0.05, 0.1) is 29.6 Å². The van der Waals surface area contributed by atoms with E-state index >= 15 is 0 Å². The highest BCUT2D eigenvalue weighted by Crippen LogP contribution is 2.24. The van der Waals surface area contributed by atoms with E-state index in [1.807, 2.05) is 0 Å². The summed E-state index contributed by atoms with van der Waals surface area (Å²) in [4.78, 5) is 13.7. The lowest BCUT2D eigenvalue weighted by molar-refractivity contribution is 0.0704. The molecule has 0 fully saturated rings. The summed E-state index contributed by atoms with van der Waals surface area (Å²) in [6.45, 7) is 3.85. The zero-order valence-corrected chi connectivity index (χ0v) is 18.1. The van der Waals surface area contributed by atoms with Crippen LogP contribution < -0.4 is 0 Å². The zero-order valence-electron chi connectivity index (χ0n) is 17.3. The first kappa shape index (κ1) is 21.9. The van der Waals surface area contributed by atoms with E-state index in [4.69, 9.17) is 4.74 Å². The molecule has 162 valence electrons. The number of sulfone groups is 1. The van der Waals surface area contributed by atoms with E-state index in [9.17, 15) is 17.6 Å². The van der Waals surface area contributed by atoms with Gasteiger partial charge in [0.1, 0.15) is 11.3 Å². The number of nitrogens with one attached hydrogen (secondary N) is 1. The quantitative estimate of drug-likeness (QED) is 0.536. The fraction of sp³-hybridized carbons (Fsp3) is 0.421. The van der Waals surface area contributed by atoms with Crippen LogP contribution in [0, 0.1) is 19.7 Å². The molecule has 3 aromatic rings. The number of carbonyl (C=O) groups excluding carboxylic acids is 1. The Bertz CT molecular complexity index is 1190. The fourth-order valence-electron chi connectivity index (χ4n) is 3.05. The van der Waals surface area contributed by atoms with Crippen LogP contribution in [0.25, 0.3) is 10.9 Å². The van der Waals surface area contributed by atoms with E-state index in [0.717, 1.165) is 11.6 Å². The molecule has 0 saturated carbocycles. The molecule has 11 heteroatoms. The summed E-state index contributed by atoms with van der Waals surface area (Å²) in [5.74, 6) is -1.20. The molecule has 3 rings (SSSR count). The van der Waals surface area contributed by atoms with Gasteiger partial charge in [0, 0.05) is 37.8 Å². The molecule has 0 radical (unpaired) electrons. The minimum absolute atomic E-state index is 0.0724. The van der Waals surface area contributed by atoms with Gasteiger partial charge >= 0.3 is 0 Å². The maximum atomic E-state index is 14.2. The van der Waals surface area contributed by atoms with Crippen LogP contribution in [-0.4, -0.2) is 71.8 Å². The highest BCUT2D eigenvalue weighted by Gasteiger charge is 2.20. The van der Waals surface area contributed by atoms with Crippen LogP contribution in [0.15, 0.2) is 23.2 Å². The minimum atomic E-state index is -3.73. The second-order valence-electron chi connectivity index (χ2n) is 7.13. The van der Waals surface area contributed by atoms with Crippen molar-refractivity contribution in [1.82, 2.24) is 24.9 Å². The van der Waals surface area contributed by atoms with Crippen LogP contribution >= 0.6 is 0 Å². The zero-order chi connectivity index (χ0) is 22.1. The number of likely N-dealkylation sites (N-methyl/N-ethyl adjacent to an activating group) is 1. The number of amides is 1. The Hall–Kier alpha value is -2.79. The maximum absolute atomic E-state index is 14.2. The monoisotopic (exact) mass is 437 g/mol. The van der Waals surface area contributed by atoms with Crippen molar-refractivity contribution in [2.45, 2.75) is 18.7 Å². The van der Waals surface area contributed by atoms with E-state index in [2.05, 4.69) is 15.3 Å². The van der Waals surface area contributed by atoms with Gasteiger partial charge in [0.25, 0.3) is 5.91 Å². The number of ether oxygens (including phenoxy) is 1. The number of halogens is 1.